The first-order valence-electron chi connectivity index (χ1n) is 20.0. The number of benzene rings is 3. The fraction of sp³-hybridized carbons (Fsp3) is 0.455. The van der Waals surface area contributed by atoms with Gasteiger partial charge in [-0.05, 0) is 93.2 Å². The van der Waals surface area contributed by atoms with Crippen LogP contribution in [-0.2, 0) is 19.1 Å². The normalized spacial score (nSPS) is 20.4. The zero-order chi connectivity index (χ0) is 41.4. The first-order chi connectivity index (χ1) is 27.8. The lowest BCUT2D eigenvalue weighted by Gasteiger charge is -2.32. The van der Waals surface area contributed by atoms with E-state index in [-0.39, 0.29) is 47.8 Å². The van der Waals surface area contributed by atoms with Crippen molar-refractivity contribution >= 4 is 56.8 Å². The Morgan fingerprint density at radius 2 is 1.21 bits per heavy atom. The molecule has 2 saturated heterocycles. The van der Waals surface area contributed by atoms with E-state index in [1.165, 1.54) is 14.2 Å². The lowest BCUT2D eigenvalue weighted by Crippen LogP contribution is -2.52. The molecule has 5 aromatic rings. The number of likely N-dealkylation sites (tertiary alicyclic amines) is 2. The van der Waals surface area contributed by atoms with Crippen LogP contribution in [0.1, 0.15) is 102 Å². The number of H-pyrrole nitrogens is 2. The number of nitrogens with one attached hydrogen (secondary N) is 4. The van der Waals surface area contributed by atoms with E-state index in [9.17, 15) is 19.2 Å². The van der Waals surface area contributed by atoms with Crippen molar-refractivity contribution in [1.82, 2.24) is 40.4 Å². The molecule has 2 aliphatic heterocycles. The van der Waals surface area contributed by atoms with Gasteiger partial charge in [0, 0.05) is 28.6 Å². The van der Waals surface area contributed by atoms with Gasteiger partial charge in [-0.1, -0.05) is 51.7 Å². The van der Waals surface area contributed by atoms with E-state index < -0.39 is 24.3 Å². The molecule has 58 heavy (non-hydrogen) atoms. The molecule has 4 heterocycles. The summed E-state index contributed by atoms with van der Waals surface area (Å²) in [6.07, 6.45) is 1.89. The van der Waals surface area contributed by atoms with Crippen molar-refractivity contribution < 1.29 is 28.7 Å². The van der Waals surface area contributed by atoms with Crippen molar-refractivity contribution in [3.8, 4) is 11.8 Å². The Labute approximate surface area is 337 Å². The van der Waals surface area contributed by atoms with Gasteiger partial charge in [0.05, 0.1) is 48.4 Å². The van der Waals surface area contributed by atoms with Crippen molar-refractivity contribution in [3.05, 3.63) is 71.3 Å². The highest BCUT2D eigenvalue weighted by Crippen LogP contribution is 2.39. The number of nitrogens with zero attached hydrogens (tertiary/aromatic N) is 4. The summed E-state index contributed by atoms with van der Waals surface area (Å²) >= 11 is 0. The van der Waals surface area contributed by atoms with Crippen LogP contribution in [0, 0.1) is 23.7 Å². The summed E-state index contributed by atoms with van der Waals surface area (Å²) in [7, 11) is 2.58. The van der Waals surface area contributed by atoms with Gasteiger partial charge in [-0.25, -0.2) is 19.6 Å². The molecule has 14 nitrogen and oxygen atoms in total. The Morgan fingerprint density at radius 1 is 0.690 bits per heavy atom. The minimum absolute atomic E-state index is 0.0149. The predicted molar refractivity (Wildman–Crippen MR) is 221 cm³/mol. The van der Waals surface area contributed by atoms with Gasteiger partial charge in [-0.3, -0.25) is 9.59 Å². The summed E-state index contributed by atoms with van der Waals surface area (Å²) in [6.45, 7) is 11.7. The number of carbonyl (C=O) groups excluding carboxylic acids is 4. The SMILES string of the molecule is COC(=O)N[C@@H](C(=O)N1[C@@H](C)CC[C@H]1c1nc2ccc(C#Cc3ccc4c(ccc5[nH]c([C@@H]6CC[C@H](C)N6C(=O)[C@H](NC(=O)OC)C(C)C)nc54)c3)cc2[nH]1)C(C)C. The summed E-state index contributed by atoms with van der Waals surface area (Å²) in [6, 6.07) is 14.0. The average molecular weight is 789 g/mol. The van der Waals surface area contributed by atoms with E-state index >= 15 is 0 Å². The standard InChI is InChI=1S/C44H52N8O6/c1-23(2)36(49-43(55)57-7)41(53)51-25(5)9-19-34(51)39-45-31-17-14-28(22-33(31)47-39)12-11-27-13-16-30-29(21-27)15-18-32-38(30)48-40(46-32)35-20-10-26(6)52(35)42(54)37(24(3)4)50-44(56)58-8/h13-18,21-26,34-37H,9-10,19-20H2,1-8H3,(H,45,47)(H,46,48)(H,49,55)(H,50,56)/t25-,26-,34-,35-,36+,37+/m0/s1. The molecular weight excluding hydrogens is 737 g/mol. The number of hydrogen-bond acceptors (Lipinski definition) is 8. The molecule has 0 spiro atoms. The highest BCUT2D eigenvalue weighted by Gasteiger charge is 2.42. The molecule has 0 bridgehead atoms. The molecule has 7 rings (SSSR count). The number of alkyl carbamates (subject to hydrolysis) is 2. The van der Waals surface area contributed by atoms with Crippen LogP contribution in [0.25, 0.3) is 32.8 Å². The quantitative estimate of drug-likeness (QED) is 0.123. The van der Waals surface area contributed by atoms with Crippen LogP contribution in [0.4, 0.5) is 9.59 Å². The molecule has 0 aliphatic carbocycles. The molecule has 4 N–H and O–H groups in total. The fourth-order valence-corrected chi connectivity index (χ4v) is 8.43. The van der Waals surface area contributed by atoms with Crippen LogP contribution in [-0.4, -0.2) is 92.1 Å². The van der Waals surface area contributed by atoms with Gasteiger partial charge < -0.3 is 39.9 Å². The number of rotatable bonds is 8. The fourth-order valence-electron chi connectivity index (χ4n) is 8.43. The second kappa shape index (κ2) is 16.4. The van der Waals surface area contributed by atoms with E-state index in [1.807, 2.05) is 93.8 Å². The Hall–Kier alpha value is -6.10. The Kier molecular flexibility index (Phi) is 11.3. The highest BCUT2D eigenvalue weighted by atomic mass is 16.5. The van der Waals surface area contributed by atoms with Gasteiger partial charge >= 0.3 is 12.2 Å². The molecule has 2 fully saturated rings. The van der Waals surface area contributed by atoms with Crippen molar-refractivity contribution in [2.75, 3.05) is 14.2 Å². The number of aromatic amines is 2. The molecule has 14 heteroatoms. The van der Waals surface area contributed by atoms with Crippen LogP contribution in [0.2, 0.25) is 0 Å². The topological polar surface area (TPSA) is 175 Å². The number of ether oxygens (including phenoxy) is 2. The van der Waals surface area contributed by atoms with Gasteiger partial charge in [0.25, 0.3) is 0 Å². The van der Waals surface area contributed by atoms with E-state index in [2.05, 4.69) is 38.5 Å². The van der Waals surface area contributed by atoms with Crippen LogP contribution >= 0.6 is 0 Å². The summed E-state index contributed by atoms with van der Waals surface area (Å²) in [5, 5.41) is 7.41. The van der Waals surface area contributed by atoms with Crippen LogP contribution in [0.5, 0.6) is 0 Å². The molecule has 0 saturated carbocycles. The third-order valence-electron chi connectivity index (χ3n) is 11.6. The highest BCUT2D eigenvalue weighted by molar-refractivity contribution is 6.04. The molecule has 6 atom stereocenters. The first kappa shape index (κ1) is 40.1. The Balaban J connectivity index is 1.10. The molecule has 0 radical (unpaired) electrons. The van der Waals surface area contributed by atoms with Crippen molar-refractivity contribution in [2.45, 2.75) is 103 Å². The number of methoxy groups -OCH3 is 2. The van der Waals surface area contributed by atoms with Gasteiger partial charge in [0.2, 0.25) is 11.8 Å². The summed E-state index contributed by atoms with van der Waals surface area (Å²) in [4.78, 5) is 72.4. The van der Waals surface area contributed by atoms with Crippen LogP contribution in [0.15, 0.2) is 48.5 Å². The molecule has 3 aromatic carbocycles. The summed E-state index contributed by atoms with van der Waals surface area (Å²) in [5.41, 5.74) is 4.98. The Morgan fingerprint density at radius 3 is 1.76 bits per heavy atom. The second-order valence-corrected chi connectivity index (χ2v) is 16.2. The van der Waals surface area contributed by atoms with Gasteiger partial charge in [0.15, 0.2) is 0 Å². The lowest BCUT2D eigenvalue weighted by molar-refractivity contribution is -0.138. The number of fused-ring (bicyclic) bond motifs is 4. The van der Waals surface area contributed by atoms with Crippen LogP contribution < -0.4 is 10.6 Å². The minimum atomic E-state index is -0.718. The number of carbonyl (C=O) groups is 4. The lowest BCUT2D eigenvalue weighted by atomic mass is 10.0. The molecule has 2 aromatic heterocycles. The zero-order valence-electron chi connectivity index (χ0n) is 34.3. The van der Waals surface area contributed by atoms with Gasteiger partial charge in [0.1, 0.15) is 23.7 Å². The number of amides is 4. The van der Waals surface area contributed by atoms with Crippen molar-refractivity contribution in [2.24, 2.45) is 11.8 Å². The van der Waals surface area contributed by atoms with Crippen molar-refractivity contribution in [1.29, 1.82) is 0 Å². The Bertz CT molecular complexity index is 2440. The van der Waals surface area contributed by atoms with E-state index in [1.54, 1.807) is 0 Å². The second-order valence-electron chi connectivity index (χ2n) is 16.2. The van der Waals surface area contributed by atoms with Gasteiger partial charge in [-0.15, -0.1) is 0 Å². The predicted octanol–water partition coefficient (Wildman–Crippen LogP) is 6.86. The average Bonchev–Trinajstić information content (AvgIpc) is 4.01. The van der Waals surface area contributed by atoms with E-state index in [0.717, 1.165) is 75.5 Å². The summed E-state index contributed by atoms with van der Waals surface area (Å²) < 4.78 is 9.59. The molecule has 0 unspecified atom stereocenters. The third-order valence-corrected chi connectivity index (χ3v) is 11.6. The number of hydrogen-bond donors (Lipinski definition) is 4. The van der Waals surface area contributed by atoms with E-state index in [0.29, 0.717) is 5.82 Å². The monoisotopic (exact) mass is 788 g/mol. The number of aromatic nitrogens is 4. The first-order valence-corrected chi connectivity index (χ1v) is 20.0. The smallest absolute Gasteiger partial charge is 0.407 e. The molecular formula is C44H52N8O6. The van der Waals surface area contributed by atoms with Crippen molar-refractivity contribution in [3.63, 3.8) is 0 Å². The van der Waals surface area contributed by atoms with E-state index in [4.69, 9.17) is 19.4 Å². The molecule has 304 valence electrons. The third kappa shape index (κ3) is 7.77. The van der Waals surface area contributed by atoms with Crippen LogP contribution in [0.3, 0.4) is 0 Å². The molecule has 4 amide bonds. The summed E-state index contributed by atoms with van der Waals surface area (Å²) in [5.74, 6) is 7.49. The molecule has 2 aliphatic rings. The maximum absolute atomic E-state index is 13.9. The van der Waals surface area contributed by atoms with Gasteiger partial charge in [-0.2, -0.15) is 0 Å². The largest absolute Gasteiger partial charge is 0.453 e. The zero-order valence-corrected chi connectivity index (χ0v) is 34.3. The minimum Gasteiger partial charge on any atom is -0.453 e. The number of imidazole rings is 2. The maximum Gasteiger partial charge on any atom is 0.407 e. The maximum atomic E-state index is 13.9.